The third kappa shape index (κ3) is 3.07. The van der Waals surface area contributed by atoms with Crippen LogP contribution in [-0.2, 0) is 9.84 Å². The van der Waals surface area contributed by atoms with Crippen molar-refractivity contribution in [3.8, 4) is 16.9 Å². The zero-order valence-electron chi connectivity index (χ0n) is 12.4. The van der Waals surface area contributed by atoms with Crippen molar-refractivity contribution >= 4 is 25.8 Å². The Bertz CT molecular complexity index is 1050. The molecular weight excluding hydrogens is 401 g/mol. The van der Waals surface area contributed by atoms with Gasteiger partial charge in [-0.15, -0.1) is 0 Å². The van der Waals surface area contributed by atoms with Gasteiger partial charge >= 0.3 is 5.76 Å². The molecule has 0 amide bonds. The monoisotopic (exact) mass is 411 g/mol. The molecule has 24 heavy (non-hydrogen) atoms. The van der Waals surface area contributed by atoms with Crippen LogP contribution in [0, 0.1) is 5.82 Å². The van der Waals surface area contributed by atoms with Gasteiger partial charge in [0.25, 0.3) is 0 Å². The highest BCUT2D eigenvalue weighted by Crippen LogP contribution is 2.30. The maximum Gasteiger partial charge on any atom is 0.425 e. The number of sulfone groups is 1. The Morgan fingerprint density at radius 1 is 1.04 bits per heavy atom. The quantitative estimate of drug-likeness (QED) is 0.661. The minimum atomic E-state index is -3.32. The van der Waals surface area contributed by atoms with Gasteiger partial charge in [0.1, 0.15) is 11.5 Å². The standard InChI is InChI=1S/C16H11BrFNO4S/c1-24(21,22)13-8-2-10(3-9-13)14-15(17)23-16(20)19(14)12-6-4-11(18)5-7-12/h2-9H,1H3. The molecule has 0 N–H and O–H groups in total. The van der Waals surface area contributed by atoms with Gasteiger partial charge in [-0.05, 0) is 52.3 Å². The number of benzene rings is 2. The fourth-order valence-electron chi connectivity index (χ4n) is 2.28. The lowest BCUT2D eigenvalue weighted by Gasteiger charge is -2.07. The second kappa shape index (κ2) is 6.03. The number of rotatable bonds is 3. The topological polar surface area (TPSA) is 69.3 Å². The second-order valence-corrected chi connectivity index (χ2v) is 7.83. The first kappa shape index (κ1) is 16.7. The Kier molecular flexibility index (Phi) is 4.18. The summed E-state index contributed by atoms with van der Waals surface area (Å²) in [7, 11) is -3.32. The highest BCUT2D eigenvalue weighted by Gasteiger charge is 2.19. The highest BCUT2D eigenvalue weighted by atomic mass is 79.9. The van der Waals surface area contributed by atoms with E-state index in [1.165, 1.54) is 41.0 Å². The molecular formula is C16H11BrFNO4S. The molecule has 124 valence electrons. The number of hydrogen-bond acceptors (Lipinski definition) is 4. The fourth-order valence-corrected chi connectivity index (χ4v) is 3.45. The van der Waals surface area contributed by atoms with Crippen LogP contribution in [0.15, 0.2) is 67.3 Å². The zero-order valence-corrected chi connectivity index (χ0v) is 14.8. The van der Waals surface area contributed by atoms with Gasteiger partial charge in [0, 0.05) is 11.8 Å². The lowest BCUT2D eigenvalue weighted by molar-refractivity contribution is 0.483. The van der Waals surface area contributed by atoms with Gasteiger partial charge in [-0.3, -0.25) is 0 Å². The van der Waals surface area contributed by atoms with E-state index in [9.17, 15) is 17.6 Å². The fraction of sp³-hybridized carbons (Fsp3) is 0.0625. The van der Waals surface area contributed by atoms with E-state index < -0.39 is 21.4 Å². The number of oxazole rings is 1. The van der Waals surface area contributed by atoms with E-state index in [1.807, 2.05) is 0 Å². The van der Waals surface area contributed by atoms with Crippen LogP contribution in [-0.4, -0.2) is 19.2 Å². The minimum Gasteiger partial charge on any atom is -0.400 e. The summed E-state index contributed by atoms with van der Waals surface area (Å²) in [6, 6.07) is 11.4. The molecule has 0 spiro atoms. The molecule has 3 rings (SSSR count). The van der Waals surface area contributed by atoms with E-state index in [1.54, 1.807) is 12.1 Å². The molecule has 0 fully saturated rings. The lowest BCUT2D eigenvalue weighted by atomic mass is 10.1. The van der Waals surface area contributed by atoms with E-state index in [0.717, 1.165) is 6.26 Å². The first-order valence-corrected chi connectivity index (χ1v) is 9.43. The molecule has 0 unspecified atom stereocenters. The zero-order chi connectivity index (χ0) is 17.5. The Hall–Kier alpha value is -2.19. The Labute approximate surface area is 145 Å². The number of nitrogens with zero attached hydrogens (tertiary/aromatic N) is 1. The van der Waals surface area contributed by atoms with Gasteiger partial charge in [0.2, 0.25) is 0 Å². The summed E-state index contributed by atoms with van der Waals surface area (Å²) in [5.41, 5.74) is 1.41. The molecule has 0 saturated heterocycles. The van der Waals surface area contributed by atoms with Crippen LogP contribution < -0.4 is 5.76 Å². The van der Waals surface area contributed by atoms with Crippen LogP contribution in [0.3, 0.4) is 0 Å². The molecule has 0 radical (unpaired) electrons. The van der Waals surface area contributed by atoms with Gasteiger partial charge in [-0.2, -0.15) is 0 Å². The van der Waals surface area contributed by atoms with Crippen molar-refractivity contribution in [2.45, 2.75) is 4.90 Å². The summed E-state index contributed by atoms with van der Waals surface area (Å²) >= 11 is 3.19. The molecule has 0 saturated carbocycles. The summed E-state index contributed by atoms with van der Waals surface area (Å²) in [5, 5.41) is 0. The Morgan fingerprint density at radius 2 is 1.62 bits per heavy atom. The van der Waals surface area contributed by atoms with E-state index >= 15 is 0 Å². The van der Waals surface area contributed by atoms with E-state index in [4.69, 9.17) is 4.42 Å². The summed E-state index contributed by atoms with van der Waals surface area (Å²) in [5.74, 6) is -1.07. The van der Waals surface area contributed by atoms with Crippen molar-refractivity contribution in [2.24, 2.45) is 0 Å². The molecule has 0 aliphatic heterocycles. The van der Waals surface area contributed by atoms with Crippen LogP contribution in [0.1, 0.15) is 0 Å². The molecule has 0 atom stereocenters. The van der Waals surface area contributed by atoms with Crippen molar-refractivity contribution in [3.05, 3.63) is 69.6 Å². The van der Waals surface area contributed by atoms with Crippen molar-refractivity contribution < 1.29 is 17.2 Å². The molecule has 0 bridgehead atoms. The van der Waals surface area contributed by atoms with Crippen molar-refractivity contribution in [1.29, 1.82) is 0 Å². The van der Waals surface area contributed by atoms with Crippen LogP contribution in [0.2, 0.25) is 0 Å². The van der Waals surface area contributed by atoms with E-state index in [-0.39, 0.29) is 9.56 Å². The smallest absolute Gasteiger partial charge is 0.400 e. The maximum absolute atomic E-state index is 13.1. The van der Waals surface area contributed by atoms with Crippen molar-refractivity contribution in [1.82, 2.24) is 4.57 Å². The molecule has 0 aliphatic rings. The summed E-state index contributed by atoms with van der Waals surface area (Å²) < 4.78 is 42.8. The largest absolute Gasteiger partial charge is 0.425 e. The van der Waals surface area contributed by atoms with Crippen molar-refractivity contribution in [2.75, 3.05) is 6.26 Å². The third-order valence-corrected chi connectivity index (χ3v) is 5.08. The van der Waals surface area contributed by atoms with E-state index in [2.05, 4.69) is 15.9 Å². The lowest BCUT2D eigenvalue weighted by Crippen LogP contribution is -2.13. The molecule has 2 aromatic carbocycles. The van der Waals surface area contributed by atoms with Gasteiger partial charge in [-0.1, -0.05) is 12.1 Å². The first-order chi connectivity index (χ1) is 11.3. The molecule has 0 aliphatic carbocycles. The SMILES string of the molecule is CS(=O)(=O)c1ccc(-c2c(Br)oc(=O)n2-c2ccc(F)cc2)cc1. The summed E-state index contributed by atoms with van der Waals surface area (Å²) in [6.07, 6.45) is 1.12. The Morgan fingerprint density at radius 3 is 2.17 bits per heavy atom. The molecule has 1 aromatic heterocycles. The molecule has 8 heteroatoms. The van der Waals surface area contributed by atoms with E-state index in [0.29, 0.717) is 16.9 Å². The normalized spacial score (nSPS) is 11.6. The minimum absolute atomic E-state index is 0.168. The second-order valence-electron chi connectivity index (χ2n) is 5.10. The van der Waals surface area contributed by atoms with Gasteiger partial charge < -0.3 is 4.42 Å². The average Bonchev–Trinajstić information content (AvgIpc) is 2.82. The van der Waals surface area contributed by atoms with Crippen LogP contribution >= 0.6 is 15.9 Å². The molecule has 5 nitrogen and oxygen atoms in total. The number of halogens is 2. The Balaban J connectivity index is 2.18. The molecule has 1 heterocycles. The number of hydrogen-bond donors (Lipinski definition) is 0. The van der Waals surface area contributed by atoms with Crippen LogP contribution in [0.25, 0.3) is 16.9 Å². The maximum atomic E-state index is 13.1. The highest BCUT2D eigenvalue weighted by molar-refractivity contribution is 9.10. The first-order valence-electron chi connectivity index (χ1n) is 6.75. The average molecular weight is 412 g/mol. The molecule has 3 aromatic rings. The summed E-state index contributed by atoms with van der Waals surface area (Å²) in [6.45, 7) is 0. The predicted molar refractivity (Wildman–Crippen MR) is 90.5 cm³/mol. The van der Waals surface area contributed by atoms with Gasteiger partial charge in [0.05, 0.1) is 10.6 Å². The summed E-state index contributed by atoms with van der Waals surface area (Å²) in [4.78, 5) is 12.3. The van der Waals surface area contributed by atoms with Gasteiger partial charge in [-0.25, -0.2) is 22.2 Å². The van der Waals surface area contributed by atoms with Crippen molar-refractivity contribution in [3.63, 3.8) is 0 Å². The predicted octanol–water partition coefficient (Wildman–Crippen LogP) is 3.40. The third-order valence-electron chi connectivity index (χ3n) is 3.41. The van der Waals surface area contributed by atoms with Crippen LogP contribution in [0.5, 0.6) is 0 Å². The van der Waals surface area contributed by atoms with Gasteiger partial charge in [0.15, 0.2) is 14.5 Å². The van der Waals surface area contributed by atoms with Crippen LogP contribution in [0.4, 0.5) is 4.39 Å². The number of aromatic nitrogens is 1.